The van der Waals surface area contributed by atoms with Gasteiger partial charge in [0.25, 0.3) is 5.91 Å². The molecule has 1 aliphatic carbocycles. The number of nitrogens with one attached hydrogen (secondary N) is 1. The van der Waals surface area contributed by atoms with Crippen LogP contribution in [0.3, 0.4) is 0 Å². The minimum absolute atomic E-state index is 0.0225. The van der Waals surface area contributed by atoms with Crippen LogP contribution in [0.1, 0.15) is 30.9 Å². The molecule has 1 N–H and O–H groups in total. The number of rotatable bonds is 4. The van der Waals surface area contributed by atoms with E-state index in [1.165, 1.54) is 0 Å². The fourth-order valence-corrected chi connectivity index (χ4v) is 3.82. The number of anilines is 2. The number of para-hydroxylation sites is 3. The van der Waals surface area contributed by atoms with Crippen LogP contribution in [0.4, 0.5) is 11.6 Å². The zero-order valence-corrected chi connectivity index (χ0v) is 15.1. The average molecular weight is 360 g/mol. The van der Waals surface area contributed by atoms with Gasteiger partial charge in [-0.3, -0.25) is 19.1 Å². The van der Waals surface area contributed by atoms with E-state index >= 15 is 0 Å². The first kappa shape index (κ1) is 16.1. The van der Waals surface area contributed by atoms with Gasteiger partial charge in [-0.05, 0) is 43.5 Å². The van der Waals surface area contributed by atoms with Crippen LogP contribution in [0.2, 0.25) is 0 Å². The summed E-state index contributed by atoms with van der Waals surface area (Å²) in [6, 6.07) is 15.1. The van der Waals surface area contributed by atoms with E-state index in [2.05, 4.69) is 10.3 Å². The largest absolute Gasteiger partial charge is 0.326 e. The molecule has 0 unspecified atom stereocenters. The third kappa shape index (κ3) is 2.60. The number of benzene rings is 2. The highest BCUT2D eigenvalue weighted by atomic mass is 16.2. The summed E-state index contributed by atoms with van der Waals surface area (Å²) in [7, 11) is 0. The van der Waals surface area contributed by atoms with Gasteiger partial charge in [0.05, 0.1) is 17.5 Å². The molecule has 0 saturated heterocycles. The van der Waals surface area contributed by atoms with Crippen molar-refractivity contribution in [1.82, 2.24) is 9.55 Å². The Hall–Kier alpha value is -3.15. The number of nitrogens with zero attached hydrogens (tertiary/aromatic N) is 3. The Bertz CT molecular complexity index is 1070. The molecule has 2 amide bonds. The summed E-state index contributed by atoms with van der Waals surface area (Å²) < 4.78 is 1.94. The summed E-state index contributed by atoms with van der Waals surface area (Å²) in [6.07, 6.45) is 2.10. The Labute approximate surface area is 156 Å². The second kappa shape index (κ2) is 5.94. The number of fused-ring (bicyclic) bond motifs is 3. The first-order chi connectivity index (χ1) is 13.1. The fourth-order valence-electron chi connectivity index (χ4n) is 3.82. The predicted molar refractivity (Wildman–Crippen MR) is 104 cm³/mol. The Kier molecular flexibility index (Phi) is 3.53. The van der Waals surface area contributed by atoms with Crippen LogP contribution in [-0.2, 0) is 9.59 Å². The zero-order valence-electron chi connectivity index (χ0n) is 15.1. The van der Waals surface area contributed by atoms with Gasteiger partial charge in [0.1, 0.15) is 6.04 Å². The predicted octanol–water partition coefficient (Wildman–Crippen LogP) is 3.42. The van der Waals surface area contributed by atoms with Gasteiger partial charge in [-0.1, -0.05) is 30.3 Å². The molecule has 27 heavy (non-hydrogen) atoms. The lowest BCUT2D eigenvalue weighted by Gasteiger charge is -2.15. The number of hydrogen-bond acceptors (Lipinski definition) is 3. The van der Waals surface area contributed by atoms with Crippen LogP contribution in [0.5, 0.6) is 0 Å². The summed E-state index contributed by atoms with van der Waals surface area (Å²) in [5, 5.41) is 2.94. The van der Waals surface area contributed by atoms with Gasteiger partial charge >= 0.3 is 0 Å². The third-order valence-electron chi connectivity index (χ3n) is 5.34. The molecule has 5 rings (SSSR count). The van der Waals surface area contributed by atoms with Crippen molar-refractivity contribution in [2.75, 3.05) is 10.2 Å². The number of aromatic nitrogens is 2. The normalized spacial score (nSPS) is 18.8. The highest BCUT2D eigenvalue weighted by Gasteiger charge is 2.47. The smallest absolute Gasteiger partial charge is 0.253 e. The van der Waals surface area contributed by atoms with Gasteiger partial charge in [-0.25, -0.2) is 4.98 Å². The molecule has 1 fully saturated rings. The van der Waals surface area contributed by atoms with Crippen molar-refractivity contribution in [3.8, 4) is 0 Å². The van der Waals surface area contributed by atoms with E-state index in [4.69, 9.17) is 0 Å². The van der Waals surface area contributed by atoms with Crippen LogP contribution < -0.4 is 10.2 Å². The number of hydrogen-bond donors (Lipinski definition) is 1. The molecular formula is C21H20N4O2. The van der Waals surface area contributed by atoms with E-state index in [1.54, 1.807) is 4.90 Å². The van der Waals surface area contributed by atoms with Crippen molar-refractivity contribution in [3.05, 3.63) is 54.1 Å². The molecule has 1 saturated carbocycles. The van der Waals surface area contributed by atoms with Crippen LogP contribution in [0, 0.1) is 6.92 Å². The van der Waals surface area contributed by atoms with Crippen molar-refractivity contribution in [1.29, 1.82) is 0 Å². The highest BCUT2D eigenvalue weighted by molar-refractivity contribution is 6.05. The van der Waals surface area contributed by atoms with Gasteiger partial charge in [0.2, 0.25) is 11.9 Å². The fraction of sp³-hybridized carbons (Fsp3) is 0.286. The number of carbonyl (C=O) groups excluding carboxylic acids is 2. The second-order valence-corrected chi connectivity index (χ2v) is 7.29. The lowest BCUT2D eigenvalue weighted by molar-refractivity contribution is -0.124. The van der Waals surface area contributed by atoms with Crippen LogP contribution in [-0.4, -0.2) is 27.4 Å². The molecule has 3 aromatic rings. The average Bonchev–Trinajstić information content (AvgIpc) is 3.36. The van der Waals surface area contributed by atoms with E-state index in [9.17, 15) is 9.59 Å². The van der Waals surface area contributed by atoms with Crippen molar-refractivity contribution in [3.63, 3.8) is 0 Å². The van der Waals surface area contributed by atoms with E-state index in [0.717, 1.165) is 35.1 Å². The van der Waals surface area contributed by atoms with E-state index in [0.29, 0.717) is 5.95 Å². The quantitative estimate of drug-likeness (QED) is 0.775. The summed E-state index contributed by atoms with van der Waals surface area (Å²) in [5.74, 6) is 0.493. The molecule has 6 nitrogen and oxygen atoms in total. The standard InChI is InChI=1S/C21H20N4O2/c1-13-6-2-3-7-15(13)22-19(26)12-18-20(27)24(14-10-11-14)21-23-16-8-4-5-9-17(16)25(18)21/h2-9,14,18H,10-12H2,1H3,(H,22,26)/t18-/m0/s1. The minimum Gasteiger partial charge on any atom is -0.326 e. The van der Waals surface area contributed by atoms with Gasteiger partial charge < -0.3 is 5.32 Å². The van der Waals surface area contributed by atoms with Gasteiger partial charge in [-0.15, -0.1) is 0 Å². The Balaban J connectivity index is 1.48. The van der Waals surface area contributed by atoms with Crippen molar-refractivity contribution < 1.29 is 9.59 Å². The van der Waals surface area contributed by atoms with Crippen LogP contribution in [0.25, 0.3) is 11.0 Å². The summed E-state index contributed by atoms with van der Waals surface area (Å²) in [4.78, 5) is 32.3. The minimum atomic E-state index is -0.544. The van der Waals surface area contributed by atoms with E-state index in [-0.39, 0.29) is 24.3 Å². The molecule has 0 radical (unpaired) electrons. The second-order valence-electron chi connectivity index (χ2n) is 7.29. The first-order valence-electron chi connectivity index (χ1n) is 9.29. The Morgan fingerprint density at radius 1 is 1.15 bits per heavy atom. The van der Waals surface area contributed by atoms with Crippen molar-refractivity contribution >= 4 is 34.5 Å². The monoisotopic (exact) mass is 360 g/mol. The SMILES string of the molecule is Cc1ccccc1NC(=O)C[C@H]1C(=O)N(C2CC2)c2nc3ccccc3n21. The molecule has 0 bridgehead atoms. The maximum absolute atomic E-state index is 13.1. The van der Waals surface area contributed by atoms with E-state index in [1.807, 2.05) is 60.0 Å². The van der Waals surface area contributed by atoms with Crippen LogP contribution >= 0.6 is 0 Å². The molecule has 136 valence electrons. The number of imidazole rings is 1. The first-order valence-corrected chi connectivity index (χ1v) is 9.29. The van der Waals surface area contributed by atoms with Gasteiger partial charge in [-0.2, -0.15) is 0 Å². The van der Waals surface area contributed by atoms with Crippen LogP contribution in [0.15, 0.2) is 48.5 Å². The molecule has 6 heteroatoms. The number of aryl methyl sites for hydroxylation is 1. The Morgan fingerprint density at radius 2 is 1.89 bits per heavy atom. The van der Waals surface area contributed by atoms with Crippen molar-refractivity contribution in [2.24, 2.45) is 0 Å². The highest BCUT2D eigenvalue weighted by Crippen LogP contribution is 2.42. The van der Waals surface area contributed by atoms with E-state index < -0.39 is 6.04 Å². The summed E-state index contributed by atoms with van der Waals surface area (Å²) in [6.45, 7) is 1.95. The Morgan fingerprint density at radius 3 is 2.67 bits per heavy atom. The summed E-state index contributed by atoms with van der Waals surface area (Å²) >= 11 is 0. The third-order valence-corrected chi connectivity index (χ3v) is 5.34. The number of carbonyl (C=O) groups is 2. The van der Waals surface area contributed by atoms with Crippen molar-refractivity contribution in [2.45, 2.75) is 38.3 Å². The molecule has 2 aromatic carbocycles. The molecule has 1 aromatic heterocycles. The molecular weight excluding hydrogens is 340 g/mol. The molecule has 2 heterocycles. The van der Waals surface area contributed by atoms with Gasteiger partial charge in [0.15, 0.2) is 0 Å². The maximum atomic E-state index is 13.1. The maximum Gasteiger partial charge on any atom is 0.253 e. The molecule has 0 spiro atoms. The lowest BCUT2D eigenvalue weighted by atomic mass is 10.1. The topological polar surface area (TPSA) is 67.2 Å². The molecule has 2 aliphatic rings. The lowest BCUT2D eigenvalue weighted by Crippen LogP contribution is -2.33. The summed E-state index contributed by atoms with van der Waals surface area (Å²) in [5.41, 5.74) is 3.53. The molecule has 1 atom stereocenters. The van der Waals surface area contributed by atoms with Gasteiger partial charge in [0, 0.05) is 11.7 Å². The zero-order chi connectivity index (χ0) is 18.5. The number of amides is 2. The molecule has 1 aliphatic heterocycles.